The summed E-state index contributed by atoms with van der Waals surface area (Å²) in [6.45, 7) is 2.06. The third-order valence-electron chi connectivity index (χ3n) is 5.48. The van der Waals surface area contributed by atoms with Crippen molar-refractivity contribution in [2.24, 2.45) is 0 Å². The number of carbonyl (C=O) groups excluding carboxylic acids is 2. The Labute approximate surface area is 158 Å². The van der Waals surface area contributed by atoms with Gasteiger partial charge in [0, 0.05) is 38.1 Å². The highest BCUT2D eigenvalue weighted by Gasteiger charge is 2.32. The molecule has 3 amide bonds. The second-order valence-corrected chi connectivity index (χ2v) is 7.16. The van der Waals surface area contributed by atoms with Gasteiger partial charge in [-0.3, -0.25) is 9.78 Å². The number of likely N-dealkylation sites (tertiary alicyclic amines) is 2. The SMILES string of the molecule is O=C(c1ccoc1)N1CCC(NC(=O)N2CCCC2c2ccncc2)CC1. The number of carbonyl (C=O) groups is 2. The van der Waals surface area contributed by atoms with Crippen LogP contribution in [0.3, 0.4) is 0 Å². The maximum Gasteiger partial charge on any atom is 0.318 e. The summed E-state index contributed by atoms with van der Waals surface area (Å²) in [6, 6.07) is 5.87. The molecule has 2 aliphatic rings. The number of hydrogen-bond acceptors (Lipinski definition) is 4. The molecule has 0 saturated carbocycles. The van der Waals surface area contributed by atoms with Crippen molar-refractivity contribution in [3.63, 3.8) is 0 Å². The molecule has 0 aliphatic carbocycles. The summed E-state index contributed by atoms with van der Waals surface area (Å²) >= 11 is 0. The summed E-state index contributed by atoms with van der Waals surface area (Å²) in [6.07, 6.45) is 10.1. The minimum atomic E-state index is -0.00850. The lowest BCUT2D eigenvalue weighted by molar-refractivity contribution is 0.0705. The van der Waals surface area contributed by atoms with Crippen molar-refractivity contribution >= 4 is 11.9 Å². The third kappa shape index (κ3) is 3.82. The lowest BCUT2D eigenvalue weighted by Gasteiger charge is -2.34. The second-order valence-electron chi connectivity index (χ2n) is 7.16. The maximum atomic E-state index is 12.8. The van der Waals surface area contributed by atoms with Gasteiger partial charge in [-0.2, -0.15) is 0 Å². The van der Waals surface area contributed by atoms with Crippen molar-refractivity contribution < 1.29 is 14.0 Å². The van der Waals surface area contributed by atoms with E-state index in [-0.39, 0.29) is 24.0 Å². The van der Waals surface area contributed by atoms with E-state index in [0.717, 1.165) is 37.8 Å². The summed E-state index contributed by atoms with van der Waals surface area (Å²) < 4.78 is 4.99. The highest BCUT2D eigenvalue weighted by atomic mass is 16.3. The van der Waals surface area contributed by atoms with Crippen LogP contribution in [0.25, 0.3) is 0 Å². The molecule has 2 aromatic heterocycles. The van der Waals surface area contributed by atoms with Crippen LogP contribution in [0, 0.1) is 0 Å². The lowest BCUT2D eigenvalue weighted by Crippen LogP contribution is -2.50. The smallest absolute Gasteiger partial charge is 0.318 e. The molecule has 1 atom stereocenters. The largest absolute Gasteiger partial charge is 0.472 e. The van der Waals surface area contributed by atoms with E-state index in [1.807, 2.05) is 21.9 Å². The van der Waals surface area contributed by atoms with Gasteiger partial charge in [0.05, 0.1) is 17.9 Å². The van der Waals surface area contributed by atoms with E-state index >= 15 is 0 Å². The van der Waals surface area contributed by atoms with Crippen LogP contribution in [0.1, 0.15) is 47.6 Å². The standard InChI is InChI=1S/C20H24N4O3/c25-19(16-7-13-27-14-16)23-11-5-17(6-12-23)22-20(26)24-10-1-2-18(24)15-3-8-21-9-4-15/h3-4,7-9,13-14,17-18H,1-2,5-6,10-12H2,(H,22,26). The average Bonchev–Trinajstić information content (AvgIpc) is 3.41. The van der Waals surface area contributed by atoms with Crippen molar-refractivity contribution in [3.8, 4) is 0 Å². The molecule has 142 valence electrons. The highest BCUT2D eigenvalue weighted by Crippen LogP contribution is 2.31. The summed E-state index contributed by atoms with van der Waals surface area (Å²) in [4.78, 5) is 33.0. The summed E-state index contributed by atoms with van der Waals surface area (Å²) in [7, 11) is 0. The van der Waals surface area contributed by atoms with Crippen LogP contribution in [0.2, 0.25) is 0 Å². The van der Waals surface area contributed by atoms with Gasteiger partial charge >= 0.3 is 6.03 Å². The van der Waals surface area contributed by atoms with Gasteiger partial charge in [-0.1, -0.05) is 0 Å². The quantitative estimate of drug-likeness (QED) is 0.904. The van der Waals surface area contributed by atoms with Crippen molar-refractivity contribution in [1.82, 2.24) is 20.1 Å². The number of aromatic nitrogens is 1. The van der Waals surface area contributed by atoms with E-state index < -0.39 is 0 Å². The van der Waals surface area contributed by atoms with Crippen LogP contribution in [-0.4, -0.2) is 52.4 Å². The van der Waals surface area contributed by atoms with Crippen LogP contribution in [0.5, 0.6) is 0 Å². The first-order valence-corrected chi connectivity index (χ1v) is 9.51. The Kier molecular flexibility index (Phi) is 5.09. The normalized spacial score (nSPS) is 20.7. The molecule has 2 saturated heterocycles. The van der Waals surface area contributed by atoms with Crippen LogP contribution >= 0.6 is 0 Å². The Balaban J connectivity index is 1.31. The monoisotopic (exact) mass is 368 g/mol. The molecule has 1 N–H and O–H groups in total. The molecule has 2 fully saturated rings. The summed E-state index contributed by atoms with van der Waals surface area (Å²) in [5, 5.41) is 3.17. The van der Waals surface area contributed by atoms with Gasteiger partial charge in [0.2, 0.25) is 0 Å². The molecule has 2 aromatic rings. The minimum Gasteiger partial charge on any atom is -0.472 e. The number of hydrogen-bond donors (Lipinski definition) is 1. The third-order valence-corrected chi connectivity index (χ3v) is 5.48. The number of piperidine rings is 1. The lowest BCUT2D eigenvalue weighted by atomic mass is 10.0. The van der Waals surface area contributed by atoms with Crippen LogP contribution in [-0.2, 0) is 0 Å². The van der Waals surface area contributed by atoms with Gasteiger partial charge in [0.25, 0.3) is 5.91 Å². The van der Waals surface area contributed by atoms with E-state index in [9.17, 15) is 9.59 Å². The molecular weight excluding hydrogens is 344 g/mol. The fourth-order valence-corrected chi connectivity index (χ4v) is 4.00. The Morgan fingerprint density at radius 3 is 2.56 bits per heavy atom. The number of pyridine rings is 1. The molecule has 7 nitrogen and oxygen atoms in total. The summed E-state index contributed by atoms with van der Waals surface area (Å²) in [5.41, 5.74) is 1.72. The fraction of sp³-hybridized carbons (Fsp3) is 0.450. The zero-order valence-corrected chi connectivity index (χ0v) is 15.2. The summed E-state index contributed by atoms with van der Waals surface area (Å²) in [5.74, 6) is -0.00850. The Hall–Kier alpha value is -2.83. The fourth-order valence-electron chi connectivity index (χ4n) is 4.00. The van der Waals surface area contributed by atoms with E-state index in [4.69, 9.17) is 4.42 Å². The number of nitrogens with one attached hydrogen (secondary N) is 1. The van der Waals surface area contributed by atoms with Gasteiger partial charge in [0.15, 0.2) is 0 Å². The van der Waals surface area contributed by atoms with E-state index in [1.54, 1.807) is 18.5 Å². The average molecular weight is 368 g/mol. The first kappa shape index (κ1) is 17.6. The molecule has 0 radical (unpaired) electrons. The molecule has 7 heteroatoms. The van der Waals surface area contributed by atoms with Crippen LogP contribution < -0.4 is 5.32 Å². The molecule has 0 spiro atoms. The number of furan rings is 1. The van der Waals surface area contributed by atoms with Crippen LogP contribution in [0.15, 0.2) is 47.5 Å². The molecule has 2 aliphatic heterocycles. The molecule has 4 rings (SSSR count). The second kappa shape index (κ2) is 7.82. The minimum absolute atomic E-state index is 0.00563. The molecule has 0 aromatic carbocycles. The van der Waals surface area contributed by atoms with Crippen molar-refractivity contribution in [2.75, 3.05) is 19.6 Å². The molecular formula is C20H24N4O3. The first-order chi connectivity index (χ1) is 13.2. The molecule has 1 unspecified atom stereocenters. The molecule has 27 heavy (non-hydrogen) atoms. The van der Waals surface area contributed by atoms with Gasteiger partial charge < -0.3 is 19.5 Å². The highest BCUT2D eigenvalue weighted by molar-refractivity contribution is 5.93. The van der Waals surface area contributed by atoms with Gasteiger partial charge in [-0.25, -0.2) is 4.79 Å². The van der Waals surface area contributed by atoms with Gasteiger partial charge in [-0.05, 0) is 49.4 Å². The van der Waals surface area contributed by atoms with Crippen molar-refractivity contribution in [2.45, 2.75) is 37.8 Å². The van der Waals surface area contributed by atoms with E-state index in [1.165, 1.54) is 12.5 Å². The number of amides is 3. The zero-order valence-electron chi connectivity index (χ0n) is 15.2. The predicted molar refractivity (Wildman–Crippen MR) is 99.1 cm³/mol. The van der Waals surface area contributed by atoms with Crippen molar-refractivity contribution in [1.29, 1.82) is 0 Å². The van der Waals surface area contributed by atoms with E-state index in [2.05, 4.69) is 10.3 Å². The van der Waals surface area contributed by atoms with E-state index in [0.29, 0.717) is 18.7 Å². The van der Waals surface area contributed by atoms with Crippen LogP contribution in [0.4, 0.5) is 4.79 Å². The number of nitrogens with zero attached hydrogens (tertiary/aromatic N) is 3. The molecule has 4 heterocycles. The number of urea groups is 1. The van der Waals surface area contributed by atoms with Gasteiger partial charge in [-0.15, -0.1) is 0 Å². The molecule has 0 bridgehead atoms. The maximum absolute atomic E-state index is 12.8. The van der Waals surface area contributed by atoms with Crippen molar-refractivity contribution in [3.05, 3.63) is 54.2 Å². The zero-order chi connectivity index (χ0) is 18.6. The van der Waals surface area contributed by atoms with Gasteiger partial charge in [0.1, 0.15) is 6.26 Å². The predicted octanol–water partition coefficient (Wildman–Crippen LogP) is 2.83. The topological polar surface area (TPSA) is 78.7 Å². The Bertz CT molecular complexity index is 770. The first-order valence-electron chi connectivity index (χ1n) is 9.51. The Morgan fingerprint density at radius 1 is 1.07 bits per heavy atom. The number of rotatable bonds is 3. The Morgan fingerprint density at radius 2 is 1.85 bits per heavy atom.